The summed E-state index contributed by atoms with van der Waals surface area (Å²) in [5.74, 6) is -1.19. The van der Waals surface area contributed by atoms with E-state index in [-0.39, 0.29) is 18.8 Å². The van der Waals surface area contributed by atoms with Crippen LogP contribution in [0.3, 0.4) is 0 Å². The second-order valence-electron chi connectivity index (χ2n) is 4.49. The van der Waals surface area contributed by atoms with Crippen molar-refractivity contribution >= 4 is 11.9 Å². The molecule has 0 aliphatic rings. The van der Waals surface area contributed by atoms with Crippen molar-refractivity contribution in [2.45, 2.75) is 58.0 Å². The third-order valence-corrected chi connectivity index (χ3v) is 2.25. The molecule has 1 N–H and O–H groups in total. The van der Waals surface area contributed by atoms with E-state index in [1.165, 1.54) is 0 Å². The Morgan fingerprint density at radius 1 is 1.29 bits per heavy atom. The van der Waals surface area contributed by atoms with E-state index in [0.29, 0.717) is 25.7 Å². The molecular formula is C12H19NO4. The number of nitriles is 1. The van der Waals surface area contributed by atoms with Crippen molar-refractivity contribution in [2.24, 2.45) is 0 Å². The van der Waals surface area contributed by atoms with Crippen LogP contribution in [0.1, 0.15) is 52.4 Å². The lowest BCUT2D eigenvalue weighted by atomic mass is 10.0. The number of hydrogen-bond donors (Lipinski definition) is 1. The van der Waals surface area contributed by atoms with E-state index >= 15 is 0 Å². The molecule has 5 heteroatoms. The highest BCUT2D eigenvalue weighted by Gasteiger charge is 2.21. The maximum atomic E-state index is 11.4. The smallest absolute Gasteiger partial charge is 0.306 e. The van der Waals surface area contributed by atoms with Crippen LogP contribution in [0.4, 0.5) is 0 Å². The highest BCUT2D eigenvalue weighted by atomic mass is 16.6. The Balaban J connectivity index is 3.77. The molecule has 0 atom stereocenters. The van der Waals surface area contributed by atoms with Crippen molar-refractivity contribution in [1.82, 2.24) is 0 Å². The zero-order valence-corrected chi connectivity index (χ0v) is 10.4. The fourth-order valence-electron chi connectivity index (χ4n) is 1.31. The Hall–Kier alpha value is -1.57. The molecule has 96 valence electrons. The Morgan fingerprint density at radius 3 is 2.41 bits per heavy atom. The molecule has 0 aromatic carbocycles. The van der Waals surface area contributed by atoms with E-state index in [9.17, 15) is 9.59 Å². The molecule has 0 amide bonds. The van der Waals surface area contributed by atoms with E-state index < -0.39 is 11.6 Å². The van der Waals surface area contributed by atoms with Gasteiger partial charge in [-0.1, -0.05) is 0 Å². The molecule has 0 bridgehead atoms. The van der Waals surface area contributed by atoms with Crippen molar-refractivity contribution in [2.75, 3.05) is 0 Å². The van der Waals surface area contributed by atoms with Crippen molar-refractivity contribution in [3.05, 3.63) is 0 Å². The largest absolute Gasteiger partial charge is 0.481 e. The average molecular weight is 241 g/mol. The van der Waals surface area contributed by atoms with Gasteiger partial charge in [0, 0.05) is 19.3 Å². The molecule has 0 aliphatic heterocycles. The van der Waals surface area contributed by atoms with Gasteiger partial charge in [0.05, 0.1) is 6.07 Å². The second kappa shape index (κ2) is 7.66. The summed E-state index contributed by atoms with van der Waals surface area (Å²) in [5.41, 5.74) is -0.625. The molecule has 0 saturated carbocycles. The normalized spacial score (nSPS) is 10.6. The number of aliphatic carboxylic acids is 1. The number of rotatable bonds is 8. The number of carbonyl (C=O) groups is 2. The predicted molar refractivity (Wildman–Crippen MR) is 61.1 cm³/mol. The minimum atomic E-state index is -0.854. The van der Waals surface area contributed by atoms with Crippen molar-refractivity contribution < 1.29 is 19.4 Å². The molecule has 0 spiro atoms. The third kappa shape index (κ3) is 9.36. The summed E-state index contributed by atoms with van der Waals surface area (Å²) in [5, 5.41) is 16.9. The number of carboxylic acids is 1. The lowest BCUT2D eigenvalue weighted by Gasteiger charge is -2.24. The number of carboxylic acid groups (broad SMARTS) is 1. The monoisotopic (exact) mass is 241 g/mol. The topological polar surface area (TPSA) is 87.4 Å². The maximum absolute atomic E-state index is 11.4. The van der Waals surface area contributed by atoms with Crippen LogP contribution in [0.15, 0.2) is 0 Å². The minimum absolute atomic E-state index is 0.0745. The van der Waals surface area contributed by atoms with E-state index in [4.69, 9.17) is 15.1 Å². The van der Waals surface area contributed by atoms with Gasteiger partial charge >= 0.3 is 11.9 Å². The highest BCUT2D eigenvalue weighted by molar-refractivity contribution is 5.70. The maximum Gasteiger partial charge on any atom is 0.306 e. The van der Waals surface area contributed by atoms with E-state index in [1.807, 2.05) is 6.07 Å². The van der Waals surface area contributed by atoms with Gasteiger partial charge in [-0.2, -0.15) is 5.26 Å². The van der Waals surface area contributed by atoms with Gasteiger partial charge in [-0.15, -0.1) is 0 Å². The SMILES string of the molecule is CC(C)(CCC#N)OC(=O)CCCCC(=O)O. The standard InChI is InChI=1S/C12H19NO4/c1-12(2,8-5-9-13)17-11(16)7-4-3-6-10(14)15/h3-8H2,1-2H3,(H,14,15). The second-order valence-corrected chi connectivity index (χ2v) is 4.49. The lowest BCUT2D eigenvalue weighted by Crippen LogP contribution is -2.27. The first kappa shape index (κ1) is 15.4. The molecule has 0 heterocycles. The first-order chi connectivity index (χ1) is 7.87. The Morgan fingerprint density at radius 2 is 1.88 bits per heavy atom. The number of unbranched alkanes of at least 4 members (excludes halogenated alkanes) is 1. The molecule has 5 nitrogen and oxygen atoms in total. The Kier molecular flexibility index (Phi) is 6.95. The van der Waals surface area contributed by atoms with Gasteiger partial charge in [-0.25, -0.2) is 0 Å². The number of ether oxygens (including phenoxy) is 1. The first-order valence-electron chi connectivity index (χ1n) is 5.68. The molecular weight excluding hydrogens is 222 g/mol. The van der Waals surface area contributed by atoms with Crippen LogP contribution in [-0.2, 0) is 14.3 Å². The van der Waals surface area contributed by atoms with Crippen LogP contribution in [0, 0.1) is 11.3 Å². The lowest BCUT2D eigenvalue weighted by molar-refractivity contribution is -0.157. The van der Waals surface area contributed by atoms with E-state index in [2.05, 4.69) is 0 Å². The van der Waals surface area contributed by atoms with Gasteiger partial charge in [0.2, 0.25) is 0 Å². The minimum Gasteiger partial charge on any atom is -0.481 e. The molecule has 0 aliphatic carbocycles. The van der Waals surface area contributed by atoms with Crippen LogP contribution in [0.25, 0.3) is 0 Å². The molecule has 0 unspecified atom stereocenters. The Bertz CT molecular complexity index is 304. The predicted octanol–water partition coefficient (Wildman–Crippen LogP) is 2.26. The zero-order valence-electron chi connectivity index (χ0n) is 10.4. The number of nitrogens with zero attached hydrogens (tertiary/aromatic N) is 1. The quantitative estimate of drug-likeness (QED) is 0.520. The average Bonchev–Trinajstić information content (AvgIpc) is 2.21. The molecule has 0 rings (SSSR count). The van der Waals surface area contributed by atoms with E-state index in [1.54, 1.807) is 13.8 Å². The van der Waals surface area contributed by atoms with Gasteiger partial charge < -0.3 is 9.84 Å². The molecule has 0 radical (unpaired) electrons. The highest BCUT2D eigenvalue weighted by Crippen LogP contribution is 2.17. The summed E-state index contributed by atoms with van der Waals surface area (Å²) in [6.45, 7) is 3.53. The number of esters is 1. The fourth-order valence-corrected chi connectivity index (χ4v) is 1.31. The first-order valence-corrected chi connectivity index (χ1v) is 5.68. The van der Waals surface area contributed by atoms with Crippen molar-refractivity contribution in [1.29, 1.82) is 5.26 Å². The molecule has 0 aromatic rings. The van der Waals surface area contributed by atoms with E-state index in [0.717, 1.165) is 0 Å². The van der Waals surface area contributed by atoms with Gasteiger partial charge in [0.15, 0.2) is 0 Å². The summed E-state index contributed by atoms with van der Waals surface area (Å²) < 4.78 is 5.21. The van der Waals surface area contributed by atoms with Crippen LogP contribution < -0.4 is 0 Å². The number of carbonyl (C=O) groups excluding carboxylic acids is 1. The summed E-state index contributed by atoms with van der Waals surface area (Å²) in [7, 11) is 0. The van der Waals surface area contributed by atoms with Crippen LogP contribution in [0.2, 0.25) is 0 Å². The fraction of sp³-hybridized carbons (Fsp3) is 0.750. The summed E-state index contributed by atoms with van der Waals surface area (Å²) in [6, 6.07) is 2.01. The summed E-state index contributed by atoms with van der Waals surface area (Å²) >= 11 is 0. The molecule has 0 fully saturated rings. The number of hydrogen-bond acceptors (Lipinski definition) is 4. The summed E-state index contributed by atoms with van der Waals surface area (Å²) in [4.78, 5) is 21.7. The molecule has 0 saturated heterocycles. The van der Waals surface area contributed by atoms with Gasteiger partial charge in [0.1, 0.15) is 5.60 Å². The van der Waals surface area contributed by atoms with Crippen molar-refractivity contribution in [3.8, 4) is 6.07 Å². The summed E-state index contributed by atoms with van der Waals surface area (Å²) in [6.07, 6.45) is 2.14. The van der Waals surface area contributed by atoms with Gasteiger partial charge in [0.25, 0.3) is 0 Å². The van der Waals surface area contributed by atoms with Gasteiger partial charge in [-0.05, 0) is 33.1 Å². The van der Waals surface area contributed by atoms with Gasteiger partial charge in [-0.3, -0.25) is 9.59 Å². The third-order valence-electron chi connectivity index (χ3n) is 2.25. The van der Waals surface area contributed by atoms with Crippen LogP contribution in [-0.4, -0.2) is 22.6 Å². The van der Waals surface area contributed by atoms with Crippen molar-refractivity contribution in [3.63, 3.8) is 0 Å². The molecule has 17 heavy (non-hydrogen) atoms. The molecule has 0 aromatic heterocycles. The Labute approximate surface area is 101 Å². The van der Waals surface area contributed by atoms with Crippen LogP contribution in [0.5, 0.6) is 0 Å². The zero-order chi connectivity index (χ0) is 13.3. The van der Waals surface area contributed by atoms with Crippen LogP contribution >= 0.6 is 0 Å².